The van der Waals surface area contributed by atoms with Crippen LogP contribution in [-0.2, 0) is 0 Å². The summed E-state index contributed by atoms with van der Waals surface area (Å²) in [5.41, 5.74) is 0.154. The van der Waals surface area contributed by atoms with Gasteiger partial charge in [0.25, 0.3) is 0 Å². The van der Waals surface area contributed by atoms with E-state index in [1.807, 2.05) is 6.92 Å². The molecular formula is C12H22BrNO. The first-order valence-corrected chi connectivity index (χ1v) is 7.18. The molecule has 1 saturated heterocycles. The Kier molecular flexibility index (Phi) is 3.44. The van der Waals surface area contributed by atoms with Crippen LogP contribution in [0.25, 0.3) is 0 Å². The Bertz CT molecular complexity index is 210. The van der Waals surface area contributed by atoms with E-state index in [0.717, 1.165) is 31.3 Å². The van der Waals surface area contributed by atoms with Crippen LogP contribution < -0.4 is 0 Å². The van der Waals surface area contributed by atoms with Gasteiger partial charge in [-0.15, -0.1) is 0 Å². The lowest BCUT2D eigenvalue weighted by Gasteiger charge is -2.46. The predicted molar refractivity (Wildman–Crippen MR) is 66.4 cm³/mol. The van der Waals surface area contributed by atoms with Gasteiger partial charge in [0.15, 0.2) is 0 Å². The third-order valence-electron chi connectivity index (χ3n) is 4.19. The van der Waals surface area contributed by atoms with Gasteiger partial charge in [-0.25, -0.2) is 0 Å². The van der Waals surface area contributed by atoms with Gasteiger partial charge in [-0.05, 0) is 38.0 Å². The first kappa shape index (κ1) is 11.9. The number of aliphatic hydroxyl groups is 1. The quantitative estimate of drug-likeness (QED) is 0.800. The van der Waals surface area contributed by atoms with E-state index in [0.29, 0.717) is 5.41 Å². The van der Waals surface area contributed by atoms with E-state index in [1.54, 1.807) is 0 Å². The Labute approximate surface area is 101 Å². The summed E-state index contributed by atoms with van der Waals surface area (Å²) >= 11 is 3.66. The minimum Gasteiger partial charge on any atom is -0.390 e. The number of likely N-dealkylation sites (tertiary alicyclic amines) is 1. The van der Waals surface area contributed by atoms with Gasteiger partial charge in [0, 0.05) is 25.0 Å². The molecule has 0 radical (unpaired) electrons. The molecule has 0 aromatic heterocycles. The zero-order chi connectivity index (χ0) is 10.9. The van der Waals surface area contributed by atoms with Crippen molar-refractivity contribution >= 4 is 15.9 Å². The number of piperidine rings is 1. The van der Waals surface area contributed by atoms with Crippen LogP contribution in [0.15, 0.2) is 0 Å². The summed E-state index contributed by atoms with van der Waals surface area (Å²) in [4.78, 5) is 2.54. The smallest absolute Gasteiger partial charge is 0.0644 e. The highest BCUT2D eigenvalue weighted by Gasteiger charge is 2.39. The number of alkyl halides is 1. The summed E-state index contributed by atoms with van der Waals surface area (Å²) in [6.45, 7) is 5.34. The molecule has 2 fully saturated rings. The molecule has 2 aliphatic rings. The van der Waals surface area contributed by atoms with Crippen LogP contribution in [0.4, 0.5) is 0 Å². The first-order valence-electron chi connectivity index (χ1n) is 6.06. The Morgan fingerprint density at radius 1 is 1.20 bits per heavy atom. The van der Waals surface area contributed by atoms with Crippen molar-refractivity contribution in [2.45, 2.75) is 44.6 Å². The third kappa shape index (κ3) is 2.75. The molecule has 0 spiro atoms. The molecule has 2 nitrogen and oxygen atoms in total. The van der Waals surface area contributed by atoms with Gasteiger partial charge in [0.2, 0.25) is 0 Å². The number of nitrogens with zero attached hydrogens (tertiary/aromatic N) is 1. The number of hydrogen-bond donors (Lipinski definition) is 1. The molecular weight excluding hydrogens is 254 g/mol. The maximum atomic E-state index is 9.88. The molecule has 1 aliphatic carbocycles. The summed E-state index contributed by atoms with van der Waals surface area (Å²) < 4.78 is 0. The van der Waals surface area contributed by atoms with E-state index < -0.39 is 5.60 Å². The molecule has 88 valence electrons. The Hall–Kier alpha value is 0.400. The van der Waals surface area contributed by atoms with Crippen LogP contribution >= 0.6 is 15.9 Å². The molecule has 1 aliphatic heterocycles. The van der Waals surface area contributed by atoms with Gasteiger partial charge in [-0.1, -0.05) is 22.4 Å². The van der Waals surface area contributed by atoms with Crippen LogP contribution in [0.3, 0.4) is 0 Å². The zero-order valence-electron chi connectivity index (χ0n) is 9.64. The molecule has 1 heterocycles. The lowest BCUT2D eigenvalue weighted by Crippen LogP contribution is -2.49. The van der Waals surface area contributed by atoms with Crippen molar-refractivity contribution in [2.75, 3.05) is 25.0 Å². The molecule has 0 aromatic carbocycles. The van der Waals surface area contributed by atoms with E-state index in [-0.39, 0.29) is 0 Å². The molecule has 1 saturated carbocycles. The standard InChI is InChI=1S/C12H22BrNO/c1-11(15)5-7-14(8-6-11)10-12(9-13)3-2-4-12/h15H,2-10H2,1H3. The number of hydrogen-bond acceptors (Lipinski definition) is 2. The highest BCUT2D eigenvalue weighted by molar-refractivity contribution is 9.09. The average Bonchev–Trinajstić information content (AvgIpc) is 2.14. The van der Waals surface area contributed by atoms with E-state index in [9.17, 15) is 5.11 Å². The van der Waals surface area contributed by atoms with Crippen LogP contribution in [-0.4, -0.2) is 40.6 Å². The highest BCUT2D eigenvalue weighted by atomic mass is 79.9. The van der Waals surface area contributed by atoms with Crippen molar-refractivity contribution in [3.63, 3.8) is 0 Å². The minimum absolute atomic E-state index is 0.405. The normalized spacial score (nSPS) is 29.8. The van der Waals surface area contributed by atoms with Crippen LogP contribution in [0.2, 0.25) is 0 Å². The van der Waals surface area contributed by atoms with Crippen LogP contribution in [0, 0.1) is 5.41 Å². The largest absolute Gasteiger partial charge is 0.390 e. The summed E-state index contributed by atoms with van der Waals surface area (Å²) in [5, 5.41) is 11.0. The van der Waals surface area contributed by atoms with E-state index in [4.69, 9.17) is 0 Å². The van der Waals surface area contributed by atoms with Crippen molar-refractivity contribution in [3.8, 4) is 0 Å². The number of halogens is 1. The van der Waals surface area contributed by atoms with Gasteiger partial charge >= 0.3 is 0 Å². The van der Waals surface area contributed by atoms with Crippen molar-refractivity contribution in [1.82, 2.24) is 4.90 Å². The second-order valence-electron chi connectivity index (χ2n) is 5.76. The maximum absolute atomic E-state index is 9.88. The molecule has 0 atom stereocenters. The minimum atomic E-state index is -0.405. The van der Waals surface area contributed by atoms with Gasteiger partial charge in [0.05, 0.1) is 5.60 Å². The lowest BCUT2D eigenvalue weighted by atomic mass is 9.70. The molecule has 0 bridgehead atoms. The van der Waals surface area contributed by atoms with Gasteiger partial charge in [-0.3, -0.25) is 0 Å². The summed E-state index contributed by atoms with van der Waals surface area (Å²) in [7, 11) is 0. The molecule has 0 amide bonds. The molecule has 2 rings (SSSR count). The van der Waals surface area contributed by atoms with E-state index in [2.05, 4.69) is 20.8 Å². The fraction of sp³-hybridized carbons (Fsp3) is 1.00. The lowest BCUT2D eigenvalue weighted by molar-refractivity contribution is -0.0221. The van der Waals surface area contributed by atoms with Crippen LogP contribution in [0.5, 0.6) is 0 Å². The van der Waals surface area contributed by atoms with Crippen molar-refractivity contribution in [3.05, 3.63) is 0 Å². The van der Waals surface area contributed by atoms with Gasteiger partial charge in [0.1, 0.15) is 0 Å². The van der Waals surface area contributed by atoms with E-state index in [1.165, 1.54) is 25.8 Å². The van der Waals surface area contributed by atoms with Crippen molar-refractivity contribution in [2.24, 2.45) is 5.41 Å². The SMILES string of the molecule is CC1(O)CCN(CC2(CBr)CCC2)CC1. The first-order chi connectivity index (χ1) is 7.05. The predicted octanol–water partition coefficient (Wildman–Crippen LogP) is 2.40. The number of rotatable bonds is 3. The van der Waals surface area contributed by atoms with Crippen molar-refractivity contribution in [1.29, 1.82) is 0 Å². The molecule has 1 N–H and O–H groups in total. The van der Waals surface area contributed by atoms with E-state index >= 15 is 0 Å². The molecule has 0 aromatic rings. The van der Waals surface area contributed by atoms with Gasteiger partial charge in [-0.2, -0.15) is 0 Å². The summed E-state index contributed by atoms with van der Waals surface area (Å²) in [5.74, 6) is 0. The second-order valence-corrected chi connectivity index (χ2v) is 6.32. The fourth-order valence-corrected chi connectivity index (χ4v) is 3.42. The molecule has 3 heteroatoms. The molecule has 0 unspecified atom stereocenters. The third-order valence-corrected chi connectivity index (χ3v) is 5.38. The Balaban J connectivity index is 1.81. The maximum Gasteiger partial charge on any atom is 0.0644 e. The Morgan fingerprint density at radius 2 is 1.80 bits per heavy atom. The zero-order valence-corrected chi connectivity index (χ0v) is 11.2. The summed E-state index contributed by atoms with van der Waals surface area (Å²) in [6, 6.07) is 0. The van der Waals surface area contributed by atoms with Gasteiger partial charge < -0.3 is 10.0 Å². The fourth-order valence-electron chi connectivity index (χ4n) is 2.68. The van der Waals surface area contributed by atoms with Crippen LogP contribution in [0.1, 0.15) is 39.0 Å². The molecule has 15 heavy (non-hydrogen) atoms. The van der Waals surface area contributed by atoms with Crippen molar-refractivity contribution < 1.29 is 5.11 Å². The highest BCUT2D eigenvalue weighted by Crippen LogP contribution is 2.43. The topological polar surface area (TPSA) is 23.5 Å². The Morgan fingerprint density at radius 3 is 2.20 bits per heavy atom. The average molecular weight is 276 g/mol. The summed E-state index contributed by atoms with van der Waals surface area (Å²) in [6.07, 6.45) is 6.03. The monoisotopic (exact) mass is 275 g/mol. The second kappa shape index (κ2) is 4.34.